The van der Waals surface area contributed by atoms with E-state index in [9.17, 15) is 9.18 Å². The van der Waals surface area contributed by atoms with E-state index in [0.29, 0.717) is 11.5 Å². The Hall–Kier alpha value is -3.09. The topological polar surface area (TPSA) is 71.4 Å². The average Bonchev–Trinajstić information content (AvgIpc) is 3.31. The van der Waals surface area contributed by atoms with Gasteiger partial charge in [0.2, 0.25) is 0 Å². The molecule has 0 saturated carbocycles. The average molecular weight is 343 g/mol. The van der Waals surface area contributed by atoms with Crippen LogP contribution in [0.4, 0.5) is 4.39 Å². The van der Waals surface area contributed by atoms with E-state index >= 15 is 0 Å². The van der Waals surface area contributed by atoms with Crippen LogP contribution in [0.1, 0.15) is 34.9 Å². The van der Waals surface area contributed by atoms with Gasteiger partial charge in [0.1, 0.15) is 12.4 Å². The maximum absolute atomic E-state index is 13.5. The number of hydrogen-bond acceptors (Lipinski definition) is 4. The van der Waals surface area contributed by atoms with Crippen molar-refractivity contribution < 1.29 is 18.3 Å². The lowest BCUT2D eigenvalue weighted by atomic mass is 10.2. The molecule has 0 saturated heterocycles. The molecule has 0 fully saturated rings. The Bertz CT molecular complexity index is 845. The quantitative estimate of drug-likeness (QED) is 0.743. The molecule has 0 aliphatic carbocycles. The number of rotatable bonds is 6. The highest BCUT2D eigenvalue weighted by Crippen LogP contribution is 2.21. The zero-order chi connectivity index (χ0) is 17.8. The predicted octanol–water partition coefficient (Wildman–Crippen LogP) is 3.55. The number of aromatic amines is 1. The van der Waals surface area contributed by atoms with Gasteiger partial charge in [0.15, 0.2) is 17.3 Å². The smallest absolute Gasteiger partial charge is 0.274 e. The first-order valence-corrected chi connectivity index (χ1v) is 7.78. The first-order valence-electron chi connectivity index (χ1n) is 7.78. The Kier molecular flexibility index (Phi) is 4.83. The molecular formula is C18H18FN3O3. The van der Waals surface area contributed by atoms with Crippen molar-refractivity contribution in [2.45, 2.75) is 19.6 Å². The van der Waals surface area contributed by atoms with Gasteiger partial charge in [0.05, 0.1) is 18.0 Å². The molecule has 1 N–H and O–H groups in total. The zero-order valence-corrected chi connectivity index (χ0v) is 13.9. The Morgan fingerprint density at radius 3 is 2.88 bits per heavy atom. The van der Waals surface area contributed by atoms with Crippen molar-refractivity contribution in [3.05, 3.63) is 71.7 Å². The fourth-order valence-corrected chi connectivity index (χ4v) is 2.34. The summed E-state index contributed by atoms with van der Waals surface area (Å²) < 4.78 is 24.3. The van der Waals surface area contributed by atoms with Gasteiger partial charge in [-0.25, -0.2) is 4.39 Å². The van der Waals surface area contributed by atoms with Crippen LogP contribution in [-0.2, 0) is 6.61 Å². The summed E-state index contributed by atoms with van der Waals surface area (Å²) in [5.41, 5.74) is 0.832. The number of nitrogens with zero attached hydrogens (tertiary/aromatic N) is 2. The number of ether oxygens (including phenoxy) is 1. The Labute approximate surface area is 144 Å². The normalized spacial score (nSPS) is 12.0. The van der Waals surface area contributed by atoms with E-state index in [1.807, 2.05) is 13.0 Å². The van der Waals surface area contributed by atoms with Gasteiger partial charge in [0.25, 0.3) is 5.91 Å². The summed E-state index contributed by atoms with van der Waals surface area (Å²) in [6.07, 6.45) is 1.57. The highest BCUT2D eigenvalue weighted by molar-refractivity contribution is 5.92. The van der Waals surface area contributed by atoms with E-state index in [4.69, 9.17) is 9.15 Å². The van der Waals surface area contributed by atoms with Crippen molar-refractivity contribution in [3.8, 4) is 5.75 Å². The number of carbonyl (C=O) groups excluding carboxylic acids is 1. The summed E-state index contributed by atoms with van der Waals surface area (Å²) in [6.45, 7) is 1.95. The van der Waals surface area contributed by atoms with E-state index in [0.717, 1.165) is 0 Å². The Balaban J connectivity index is 1.64. The van der Waals surface area contributed by atoms with Crippen LogP contribution < -0.4 is 4.74 Å². The van der Waals surface area contributed by atoms with E-state index < -0.39 is 5.82 Å². The minimum absolute atomic E-state index is 0.0820. The number of furan rings is 1. The maximum Gasteiger partial charge on any atom is 0.274 e. The van der Waals surface area contributed by atoms with Gasteiger partial charge in [-0.1, -0.05) is 12.1 Å². The largest absolute Gasteiger partial charge is 0.484 e. The number of aromatic nitrogens is 2. The van der Waals surface area contributed by atoms with E-state index in [-0.39, 0.29) is 30.0 Å². The van der Waals surface area contributed by atoms with Gasteiger partial charge in [-0.2, -0.15) is 5.10 Å². The summed E-state index contributed by atoms with van der Waals surface area (Å²) in [6, 6.07) is 11.1. The molecule has 6 nitrogen and oxygen atoms in total. The third-order valence-corrected chi connectivity index (χ3v) is 3.93. The number of H-pyrrole nitrogens is 1. The molecule has 0 radical (unpaired) electrons. The first-order chi connectivity index (χ1) is 12.1. The molecule has 7 heteroatoms. The summed E-state index contributed by atoms with van der Waals surface area (Å²) in [5, 5.41) is 6.75. The highest BCUT2D eigenvalue weighted by atomic mass is 19.1. The number of hydrogen-bond donors (Lipinski definition) is 1. The second-order valence-electron chi connectivity index (χ2n) is 5.60. The summed E-state index contributed by atoms with van der Waals surface area (Å²) in [4.78, 5) is 14.1. The van der Waals surface area contributed by atoms with Crippen molar-refractivity contribution in [1.82, 2.24) is 15.1 Å². The lowest BCUT2D eigenvalue weighted by molar-refractivity contribution is 0.0720. The van der Waals surface area contributed by atoms with Gasteiger partial charge in [0, 0.05) is 7.05 Å². The second kappa shape index (κ2) is 7.21. The predicted molar refractivity (Wildman–Crippen MR) is 88.5 cm³/mol. The number of benzene rings is 1. The number of amides is 1. The maximum atomic E-state index is 13.5. The molecule has 2 heterocycles. The number of para-hydroxylation sites is 1. The molecule has 1 amide bonds. The van der Waals surface area contributed by atoms with Crippen LogP contribution in [0.2, 0.25) is 0 Å². The standard InChI is InChI=1S/C18H18FN3O3/c1-12(16-8-5-9-24-16)22(2)18(23)15-10-13(20-21-15)11-25-17-7-4-3-6-14(17)19/h3-10,12H,11H2,1-2H3,(H,20,21). The SMILES string of the molecule is CC(c1ccco1)N(C)C(=O)c1cc(COc2ccccc2F)[nH]n1. The molecule has 130 valence electrons. The Morgan fingerprint density at radius 1 is 1.36 bits per heavy atom. The van der Waals surface area contributed by atoms with Gasteiger partial charge >= 0.3 is 0 Å². The molecule has 3 rings (SSSR count). The van der Waals surface area contributed by atoms with Crippen molar-refractivity contribution >= 4 is 5.91 Å². The monoisotopic (exact) mass is 343 g/mol. The lowest BCUT2D eigenvalue weighted by Crippen LogP contribution is -2.29. The molecule has 25 heavy (non-hydrogen) atoms. The number of halogens is 1. The molecule has 1 aromatic carbocycles. The lowest BCUT2D eigenvalue weighted by Gasteiger charge is -2.22. The number of carbonyl (C=O) groups is 1. The molecule has 3 aromatic rings. The summed E-state index contributed by atoms with van der Waals surface area (Å²) in [5.74, 6) is 0.144. The Morgan fingerprint density at radius 2 is 2.16 bits per heavy atom. The van der Waals surface area contributed by atoms with Crippen LogP contribution in [0.15, 0.2) is 53.1 Å². The van der Waals surface area contributed by atoms with Gasteiger partial charge in [-0.05, 0) is 37.3 Å². The van der Waals surface area contributed by atoms with E-state index in [2.05, 4.69) is 10.2 Å². The molecular weight excluding hydrogens is 325 g/mol. The van der Waals surface area contributed by atoms with Crippen molar-refractivity contribution in [2.24, 2.45) is 0 Å². The van der Waals surface area contributed by atoms with Crippen LogP contribution in [0.3, 0.4) is 0 Å². The summed E-state index contributed by atoms with van der Waals surface area (Å²) in [7, 11) is 1.68. The third-order valence-electron chi connectivity index (χ3n) is 3.93. The number of nitrogens with one attached hydrogen (secondary N) is 1. The van der Waals surface area contributed by atoms with Crippen LogP contribution >= 0.6 is 0 Å². The molecule has 0 spiro atoms. The van der Waals surface area contributed by atoms with E-state index in [1.54, 1.807) is 37.6 Å². The van der Waals surface area contributed by atoms with Crippen LogP contribution in [0.5, 0.6) is 5.75 Å². The fourth-order valence-electron chi connectivity index (χ4n) is 2.34. The summed E-state index contributed by atoms with van der Waals surface area (Å²) >= 11 is 0. The van der Waals surface area contributed by atoms with Crippen LogP contribution in [0.25, 0.3) is 0 Å². The zero-order valence-electron chi connectivity index (χ0n) is 13.9. The van der Waals surface area contributed by atoms with Crippen molar-refractivity contribution in [3.63, 3.8) is 0 Å². The van der Waals surface area contributed by atoms with Crippen molar-refractivity contribution in [2.75, 3.05) is 7.05 Å². The molecule has 0 bridgehead atoms. The molecule has 2 aromatic heterocycles. The molecule has 0 aliphatic rings. The van der Waals surface area contributed by atoms with Crippen molar-refractivity contribution in [1.29, 1.82) is 0 Å². The van der Waals surface area contributed by atoms with Crippen LogP contribution in [0, 0.1) is 5.82 Å². The first kappa shape index (κ1) is 16.8. The van der Waals surface area contributed by atoms with Gasteiger partial charge in [-0.3, -0.25) is 9.89 Å². The molecule has 1 atom stereocenters. The fraction of sp³-hybridized carbons (Fsp3) is 0.222. The van der Waals surface area contributed by atoms with Gasteiger partial charge in [-0.15, -0.1) is 0 Å². The van der Waals surface area contributed by atoms with Crippen LogP contribution in [-0.4, -0.2) is 28.1 Å². The molecule has 0 aliphatic heterocycles. The highest BCUT2D eigenvalue weighted by Gasteiger charge is 2.22. The molecule has 1 unspecified atom stereocenters. The second-order valence-corrected chi connectivity index (χ2v) is 5.60. The van der Waals surface area contributed by atoms with E-state index in [1.165, 1.54) is 17.0 Å². The minimum Gasteiger partial charge on any atom is -0.484 e. The third kappa shape index (κ3) is 3.71. The van der Waals surface area contributed by atoms with Gasteiger partial charge < -0.3 is 14.1 Å². The minimum atomic E-state index is -0.440.